The molecule has 0 spiro atoms. The Hall–Kier alpha value is -7.18. The van der Waals surface area contributed by atoms with Crippen LogP contribution in [0.1, 0.15) is 45.7 Å². The van der Waals surface area contributed by atoms with Crippen molar-refractivity contribution in [2.24, 2.45) is 11.8 Å². The average Bonchev–Trinajstić information content (AvgIpc) is 3.34. The van der Waals surface area contributed by atoms with E-state index >= 15 is 0 Å². The van der Waals surface area contributed by atoms with Gasteiger partial charge in [0.25, 0.3) is 0 Å². The number of aliphatic carboxylic acids is 4. The molecule has 16 nitrogen and oxygen atoms in total. The van der Waals surface area contributed by atoms with Gasteiger partial charge in [0.15, 0.2) is 12.2 Å². The molecule has 0 fully saturated rings. The minimum absolute atomic E-state index is 0.177. The predicted molar refractivity (Wildman–Crippen MR) is 237 cm³/mol. The molecule has 2 heterocycles. The zero-order chi connectivity index (χ0) is 48.4. The molecule has 2 aromatic heterocycles. The van der Waals surface area contributed by atoms with Crippen LogP contribution in [0.4, 0.5) is 0 Å². The van der Waals surface area contributed by atoms with E-state index in [1.54, 1.807) is 0 Å². The van der Waals surface area contributed by atoms with Gasteiger partial charge in [0.05, 0.1) is 23.3 Å². The number of quaternary nitrogens is 2. The number of nitrogens with zero attached hydrogens (tertiary/aromatic N) is 2. The van der Waals surface area contributed by atoms with Crippen molar-refractivity contribution in [3.05, 3.63) is 204 Å². The highest BCUT2D eigenvalue weighted by molar-refractivity contribution is 5.83. The zero-order valence-electron chi connectivity index (χ0n) is 36.1. The number of benzene rings is 4. The lowest BCUT2D eigenvalue weighted by atomic mass is 9.85. The first-order valence-corrected chi connectivity index (χ1v) is 20.8. The van der Waals surface area contributed by atoms with E-state index in [0.717, 1.165) is 37.1 Å². The molecule has 0 radical (unpaired) electrons. The number of pyridine rings is 2. The molecule has 16 heteroatoms. The Balaban J connectivity index is 0.000000252. The fourth-order valence-electron chi connectivity index (χ4n) is 6.58. The first-order chi connectivity index (χ1) is 31.6. The number of carbonyl (C=O) groups is 4. The number of carboxylic acids is 4. The molecule has 4 aromatic carbocycles. The number of carbonyl (C=O) groups excluding carboxylic acids is 2. The van der Waals surface area contributed by atoms with E-state index < -0.39 is 48.3 Å². The molecule has 0 saturated heterocycles. The van der Waals surface area contributed by atoms with Crippen molar-refractivity contribution in [1.82, 2.24) is 9.97 Å². The highest BCUT2D eigenvalue weighted by Gasteiger charge is 2.29. The SMILES string of the molecule is O=C(O)[C@@H](O)[C@H](O)C(=O)O.O=C([O-])[C@@H](O)[C@H](O)C(=O)[O-].[NH3+][C@@H](c1ccccn1)C(Cc1ccccc1)Cc1ccccc1.[NH3+][C@@H](c1ccccn1)C(Cc1ccccc1)Cc1ccccc1. The molecular formula is C50H56N4O12. The lowest BCUT2D eigenvalue weighted by Gasteiger charge is -2.21. The second-order valence-electron chi connectivity index (χ2n) is 15.1. The summed E-state index contributed by atoms with van der Waals surface area (Å²) in [6.07, 6.45) is -1.64. The number of aromatic nitrogens is 2. The van der Waals surface area contributed by atoms with Gasteiger partial charge < -0.3 is 61.9 Å². The molecule has 0 aliphatic rings. The van der Waals surface area contributed by atoms with Crippen LogP contribution in [0.3, 0.4) is 0 Å². The summed E-state index contributed by atoms with van der Waals surface area (Å²) < 4.78 is 0. The Morgan fingerprint density at radius 1 is 0.409 bits per heavy atom. The third kappa shape index (κ3) is 18.9. The van der Waals surface area contributed by atoms with Crippen LogP contribution in [-0.2, 0) is 44.9 Å². The Bertz CT molecular complexity index is 2020. The smallest absolute Gasteiger partial charge is 0.335 e. The second-order valence-corrected chi connectivity index (χ2v) is 15.1. The van der Waals surface area contributed by atoms with E-state index in [2.05, 4.69) is 155 Å². The van der Waals surface area contributed by atoms with Crippen LogP contribution in [0.2, 0.25) is 0 Å². The minimum atomic E-state index is -2.44. The summed E-state index contributed by atoms with van der Waals surface area (Å²) in [7, 11) is 0. The molecule has 66 heavy (non-hydrogen) atoms. The molecule has 12 N–H and O–H groups in total. The largest absolute Gasteiger partial charge is 0.547 e. The van der Waals surface area contributed by atoms with Crippen molar-refractivity contribution in [2.45, 2.75) is 62.2 Å². The number of hydrogen-bond acceptors (Lipinski definition) is 12. The Morgan fingerprint density at radius 2 is 0.652 bits per heavy atom. The molecule has 0 amide bonds. The van der Waals surface area contributed by atoms with Gasteiger partial charge in [-0.15, -0.1) is 0 Å². The van der Waals surface area contributed by atoms with E-state index in [0.29, 0.717) is 11.8 Å². The van der Waals surface area contributed by atoms with Gasteiger partial charge in [-0.05, 0) is 72.2 Å². The van der Waals surface area contributed by atoms with Crippen LogP contribution in [0.15, 0.2) is 170 Å². The van der Waals surface area contributed by atoms with Gasteiger partial charge in [-0.1, -0.05) is 133 Å². The number of aliphatic hydroxyl groups excluding tert-OH is 4. The molecule has 348 valence electrons. The number of carboxylic acid groups (broad SMARTS) is 4. The third-order valence-corrected chi connectivity index (χ3v) is 10.2. The monoisotopic (exact) mass is 904 g/mol. The number of aliphatic hydroxyl groups is 4. The summed E-state index contributed by atoms with van der Waals surface area (Å²) in [5.41, 5.74) is 16.5. The summed E-state index contributed by atoms with van der Waals surface area (Å²) in [5.74, 6) is -6.80. The standard InChI is InChI=1S/2C21H22N2.2C4H6O6/c2*22-21(20-13-7-8-14-23-20)19(15-17-9-3-1-4-10-17)16-18-11-5-2-6-12-18;2*5-1(3(7)8)2(6)4(9)10/h2*1-14,19,21H,15-16,22H2;2*1-2,5-6H,(H,7,8)(H,9,10)/t2*21-;2*1-,2-/m1100/s1. The van der Waals surface area contributed by atoms with Gasteiger partial charge in [-0.25, -0.2) is 9.59 Å². The van der Waals surface area contributed by atoms with Crippen molar-refractivity contribution >= 4 is 23.9 Å². The summed E-state index contributed by atoms with van der Waals surface area (Å²) in [5, 5.41) is 68.3. The maximum atomic E-state index is 9.77. The molecule has 0 unspecified atom stereocenters. The van der Waals surface area contributed by atoms with E-state index in [-0.39, 0.29) is 12.1 Å². The molecule has 6 atom stereocenters. The maximum Gasteiger partial charge on any atom is 0.335 e. The average molecular weight is 905 g/mol. The van der Waals surface area contributed by atoms with E-state index in [4.69, 9.17) is 30.6 Å². The lowest BCUT2D eigenvalue weighted by Crippen LogP contribution is -2.58. The van der Waals surface area contributed by atoms with Crippen molar-refractivity contribution in [3.63, 3.8) is 0 Å². The van der Waals surface area contributed by atoms with E-state index in [9.17, 15) is 29.4 Å². The fourth-order valence-corrected chi connectivity index (χ4v) is 6.58. The van der Waals surface area contributed by atoms with Gasteiger partial charge in [0.1, 0.15) is 24.3 Å². The van der Waals surface area contributed by atoms with Crippen molar-refractivity contribution in [3.8, 4) is 0 Å². The topological polar surface area (TPSA) is 317 Å². The van der Waals surface area contributed by atoms with Crippen LogP contribution >= 0.6 is 0 Å². The first kappa shape index (κ1) is 53.2. The summed E-state index contributed by atoms with van der Waals surface area (Å²) in [4.78, 5) is 47.9. The van der Waals surface area contributed by atoms with E-state index in [1.165, 1.54) is 22.3 Å². The number of hydrogen-bond donors (Lipinski definition) is 8. The Morgan fingerprint density at radius 3 is 0.848 bits per heavy atom. The van der Waals surface area contributed by atoms with Crippen LogP contribution in [0.5, 0.6) is 0 Å². The summed E-state index contributed by atoms with van der Waals surface area (Å²) in [6.45, 7) is 0. The van der Waals surface area contributed by atoms with Gasteiger partial charge >= 0.3 is 11.9 Å². The van der Waals surface area contributed by atoms with Crippen molar-refractivity contribution in [1.29, 1.82) is 0 Å². The molecule has 0 aliphatic carbocycles. The highest BCUT2D eigenvalue weighted by atomic mass is 16.4. The van der Waals surface area contributed by atoms with Gasteiger partial charge in [-0.2, -0.15) is 0 Å². The first-order valence-electron chi connectivity index (χ1n) is 20.8. The Kier molecular flexibility index (Phi) is 23.0. The van der Waals surface area contributed by atoms with Crippen LogP contribution < -0.4 is 21.7 Å². The summed E-state index contributed by atoms with van der Waals surface area (Å²) >= 11 is 0. The molecule has 0 saturated carbocycles. The van der Waals surface area contributed by atoms with Gasteiger partial charge in [-0.3, -0.25) is 9.97 Å². The quantitative estimate of drug-likeness (QED) is 0.0564. The van der Waals surface area contributed by atoms with Gasteiger partial charge in [0.2, 0.25) is 0 Å². The molecule has 6 aromatic rings. The zero-order valence-corrected chi connectivity index (χ0v) is 36.1. The van der Waals surface area contributed by atoms with Crippen LogP contribution in [0.25, 0.3) is 0 Å². The molecule has 0 bridgehead atoms. The molecular weight excluding hydrogens is 849 g/mol. The van der Waals surface area contributed by atoms with Crippen molar-refractivity contribution < 1.29 is 71.5 Å². The number of rotatable bonds is 18. The Labute approximate surface area is 382 Å². The fraction of sp³-hybridized carbons (Fsp3) is 0.240. The van der Waals surface area contributed by atoms with Crippen molar-refractivity contribution in [2.75, 3.05) is 0 Å². The van der Waals surface area contributed by atoms with E-state index in [1.807, 2.05) is 36.7 Å². The lowest BCUT2D eigenvalue weighted by molar-refractivity contribution is -0.441. The summed E-state index contributed by atoms with van der Waals surface area (Å²) in [6, 6.07) is 55.2. The van der Waals surface area contributed by atoms with Crippen LogP contribution in [-0.4, -0.2) is 88.9 Å². The minimum Gasteiger partial charge on any atom is -0.547 e. The molecule has 6 rings (SSSR count). The normalized spacial score (nSPS) is 13.3. The predicted octanol–water partition coefficient (Wildman–Crippen LogP) is 0.0178. The maximum absolute atomic E-state index is 9.77. The second kappa shape index (κ2) is 28.6. The highest BCUT2D eigenvalue weighted by Crippen LogP contribution is 2.26. The van der Waals surface area contributed by atoms with Gasteiger partial charge in [0, 0.05) is 24.2 Å². The third-order valence-electron chi connectivity index (χ3n) is 10.2. The molecule has 0 aliphatic heterocycles. The van der Waals surface area contributed by atoms with Crippen LogP contribution in [0, 0.1) is 11.8 Å².